The minimum Gasteiger partial charge on any atom is -0.283 e. The molecule has 0 aromatic carbocycles. The van der Waals surface area contributed by atoms with Gasteiger partial charge in [-0.2, -0.15) is 5.10 Å². The van der Waals surface area contributed by atoms with Crippen LogP contribution in [-0.4, -0.2) is 19.7 Å². The molecular formula is C8H16N4OS. The fourth-order valence-electron chi connectivity index (χ4n) is 0.937. The quantitative estimate of drug-likeness (QED) is 0.716. The van der Waals surface area contributed by atoms with Crippen LogP contribution in [0.25, 0.3) is 0 Å². The van der Waals surface area contributed by atoms with E-state index in [-0.39, 0.29) is 5.25 Å². The lowest BCUT2D eigenvalue weighted by molar-refractivity contribution is 0.671. The van der Waals surface area contributed by atoms with Crippen molar-refractivity contribution in [1.29, 1.82) is 4.78 Å². The molecule has 0 saturated heterocycles. The minimum atomic E-state index is -2.77. The third-order valence-electron chi connectivity index (χ3n) is 2.02. The Hall–Kier alpha value is -1.04. The summed E-state index contributed by atoms with van der Waals surface area (Å²) in [5, 5.41) is 6.32. The van der Waals surface area contributed by atoms with Crippen molar-refractivity contribution in [2.45, 2.75) is 32.4 Å². The molecule has 1 rings (SSSR count). The first-order valence-electron chi connectivity index (χ1n) is 4.55. The first-order valence-corrected chi connectivity index (χ1v) is 6.17. The summed E-state index contributed by atoms with van der Waals surface area (Å²) in [6.45, 7) is 5.49. The molecule has 0 amide bonds. The molecule has 0 aliphatic rings. The van der Waals surface area contributed by atoms with Crippen molar-refractivity contribution in [3.8, 4) is 0 Å². The van der Waals surface area contributed by atoms with Gasteiger partial charge in [-0.25, -0.2) is 8.99 Å². The Labute approximate surface area is 84.4 Å². The van der Waals surface area contributed by atoms with Crippen LogP contribution in [0, 0.1) is 4.78 Å². The number of nitrogens with zero attached hydrogens (tertiary/aromatic N) is 1. The Morgan fingerprint density at radius 2 is 2.36 bits per heavy atom. The Morgan fingerprint density at radius 1 is 1.71 bits per heavy atom. The van der Waals surface area contributed by atoms with E-state index in [0.717, 1.165) is 12.0 Å². The third kappa shape index (κ3) is 2.25. The summed E-state index contributed by atoms with van der Waals surface area (Å²) >= 11 is 0. The maximum Gasteiger partial charge on any atom is 0.137 e. The average Bonchev–Trinajstić information content (AvgIpc) is 2.50. The molecule has 5 nitrogen and oxygen atoms in total. The van der Waals surface area contributed by atoms with Gasteiger partial charge in [0.2, 0.25) is 0 Å². The van der Waals surface area contributed by atoms with E-state index in [9.17, 15) is 4.21 Å². The molecule has 80 valence electrons. The van der Waals surface area contributed by atoms with Crippen LogP contribution in [-0.2, 0) is 16.3 Å². The number of aromatic amines is 1. The van der Waals surface area contributed by atoms with Crippen LogP contribution >= 0.6 is 0 Å². The summed E-state index contributed by atoms with van der Waals surface area (Å²) in [6, 6.07) is 0. The third-order valence-corrected chi connectivity index (χ3v) is 3.85. The van der Waals surface area contributed by atoms with Crippen molar-refractivity contribution in [1.82, 2.24) is 10.2 Å². The van der Waals surface area contributed by atoms with Crippen molar-refractivity contribution in [3.05, 3.63) is 11.8 Å². The van der Waals surface area contributed by atoms with Crippen LogP contribution in [0.4, 0.5) is 5.82 Å². The van der Waals surface area contributed by atoms with Crippen molar-refractivity contribution < 1.29 is 4.21 Å². The van der Waals surface area contributed by atoms with Gasteiger partial charge < -0.3 is 0 Å². The maximum atomic E-state index is 11.7. The van der Waals surface area contributed by atoms with E-state index in [0.29, 0.717) is 5.82 Å². The molecule has 0 aliphatic carbocycles. The van der Waals surface area contributed by atoms with E-state index in [1.807, 2.05) is 6.92 Å². The number of anilines is 1. The maximum absolute atomic E-state index is 11.7. The summed E-state index contributed by atoms with van der Waals surface area (Å²) in [4.78, 5) is 0. The molecule has 1 aromatic heterocycles. The Balaban J connectivity index is 2.89. The zero-order valence-corrected chi connectivity index (χ0v) is 9.44. The van der Waals surface area contributed by atoms with Crippen LogP contribution in [0.2, 0.25) is 0 Å². The van der Waals surface area contributed by atoms with Crippen molar-refractivity contribution >= 4 is 15.7 Å². The van der Waals surface area contributed by atoms with Gasteiger partial charge in [-0.15, -0.1) is 0 Å². The molecular weight excluding hydrogens is 200 g/mol. The molecule has 0 bridgehead atoms. The SMILES string of the molecule is CCc1cn[nH]c1NS(=N)(=O)C(C)C. The number of rotatable bonds is 4. The van der Waals surface area contributed by atoms with Crippen molar-refractivity contribution in [3.63, 3.8) is 0 Å². The van der Waals surface area contributed by atoms with Crippen molar-refractivity contribution in [2.75, 3.05) is 4.72 Å². The van der Waals surface area contributed by atoms with Crippen LogP contribution in [0.1, 0.15) is 26.3 Å². The first kappa shape index (κ1) is 11.0. The van der Waals surface area contributed by atoms with Gasteiger partial charge in [0.1, 0.15) is 15.7 Å². The highest BCUT2D eigenvalue weighted by molar-refractivity contribution is 7.94. The second kappa shape index (κ2) is 4.00. The fourth-order valence-corrected chi connectivity index (χ4v) is 1.65. The normalized spacial score (nSPS) is 15.4. The topological polar surface area (TPSA) is 81.6 Å². The number of H-pyrrole nitrogens is 1. The highest BCUT2D eigenvalue weighted by Crippen LogP contribution is 2.15. The molecule has 0 radical (unpaired) electrons. The lowest BCUT2D eigenvalue weighted by Gasteiger charge is -2.13. The van der Waals surface area contributed by atoms with E-state index in [1.165, 1.54) is 0 Å². The van der Waals surface area contributed by atoms with Crippen LogP contribution < -0.4 is 4.72 Å². The van der Waals surface area contributed by atoms with Crippen LogP contribution in [0.5, 0.6) is 0 Å². The highest BCUT2D eigenvalue weighted by atomic mass is 32.2. The Morgan fingerprint density at radius 3 is 2.86 bits per heavy atom. The van der Waals surface area contributed by atoms with Crippen LogP contribution in [0.15, 0.2) is 6.20 Å². The lowest BCUT2D eigenvalue weighted by Crippen LogP contribution is -2.21. The largest absolute Gasteiger partial charge is 0.283 e. The van der Waals surface area contributed by atoms with E-state index in [2.05, 4.69) is 14.9 Å². The summed E-state index contributed by atoms with van der Waals surface area (Å²) in [7, 11) is -2.77. The van der Waals surface area contributed by atoms with Gasteiger partial charge in [0.05, 0.1) is 11.4 Å². The van der Waals surface area contributed by atoms with Crippen LogP contribution in [0.3, 0.4) is 0 Å². The molecule has 6 heteroatoms. The van der Waals surface area contributed by atoms with Crippen molar-refractivity contribution in [2.24, 2.45) is 0 Å². The van der Waals surface area contributed by atoms with Gasteiger partial charge in [-0.1, -0.05) is 6.92 Å². The fraction of sp³-hybridized carbons (Fsp3) is 0.625. The summed E-state index contributed by atoms with van der Waals surface area (Å²) in [5.74, 6) is 0.598. The Bertz CT molecular complexity index is 393. The van der Waals surface area contributed by atoms with E-state index < -0.39 is 9.92 Å². The molecule has 3 N–H and O–H groups in total. The molecule has 0 fully saturated rings. The predicted molar refractivity (Wildman–Crippen MR) is 57.6 cm³/mol. The monoisotopic (exact) mass is 216 g/mol. The summed E-state index contributed by atoms with van der Waals surface area (Å²) < 4.78 is 22.0. The molecule has 1 atom stereocenters. The molecule has 1 aromatic rings. The van der Waals surface area contributed by atoms with Gasteiger partial charge in [0, 0.05) is 5.56 Å². The predicted octanol–water partition coefficient (Wildman–Crippen LogP) is 1.75. The van der Waals surface area contributed by atoms with Gasteiger partial charge in [0.25, 0.3) is 0 Å². The number of hydrogen-bond donors (Lipinski definition) is 3. The number of aromatic nitrogens is 2. The lowest BCUT2D eigenvalue weighted by atomic mass is 10.3. The molecule has 0 aliphatic heterocycles. The molecule has 0 saturated carbocycles. The molecule has 1 unspecified atom stereocenters. The standard InChI is InChI=1S/C8H16N4OS/c1-4-7-5-10-11-8(7)12-14(9,13)6(2)3/h5-6H,4H2,1-3H3,(H3,9,10,11,12,13). The second-order valence-electron chi connectivity index (χ2n) is 3.38. The van der Waals surface area contributed by atoms with Gasteiger partial charge in [-0.3, -0.25) is 9.82 Å². The van der Waals surface area contributed by atoms with Gasteiger partial charge >= 0.3 is 0 Å². The molecule has 0 spiro atoms. The molecule has 14 heavy (non-hydrogen) atoms. The van der Waals surface area contributed by atoms with E-state index >= 15 is 0 Å². The van der Waals surface area contributed by atoms with E-state index in [1.54, 1.807) is 20.0 Å². The summed E-state index contributed by atoms with van der Waals surface area (Å²) in [6.07, 6.45) is 2.48. The first-order chi connectivity index (χ1) is 6.47. The average molecular weight is 216 g/mol. The van der Waals surface area contributed by atoms with Gasteiger partial charge in [-0.05, 0) is 20.3 Å². The number of aryl methyl sites for hydroxylation is 1. The van der Waals surface area contributed by atoms with Gasteiger partial charge in [0.15, 0.2) is 0 Å². The number of hydrogen-bond acceptors (Lipinski definition) is 3. The Kier molecular flexibility index (Phi) is 3.15. The smallest absolute Gasteiger partial charge is 0.137 e. The second-order valence-corrected chi connectivity index (χ2v) is 5.72. The number of nitrogens with one attached hydrogen (secondary N) is 3. The highest BCUT2D eigenvalue weighted by Gasteiger charge is 2.14. The van der Waals surface area contributed by atoms with E-state index in [4.69, 9.17) is 4.78 Å². The molecule has 1 heterocycles. The zero-order chi connectivity index (χ0) is 10.8. The zero-order valence-electron chi connectivity index (χ0n) is 8.63. The summed E-state index contributed by atoms with van der Waals surface area (Å²) in [5.41, 5.74) is 0.950. The minimum absolute atomic E-state index is 0.226.